The number of nitrogens with two attached hydrogens (primary N) is 1. The first kappa shape index (κ1) is 31.2. The maximum absolute atomic E-state index is 13.5. The van der Waals surface area contributed by atoms with Gasteiger partial charge < -0.3 is 15.8 Å². The number of benzene rings is 2. The van der Waals surface area contributed by atoms with Gasteiger partial charge in [0.05, 0.1) is 22.8 Å². The lowest BCUT2D eigenvalue weighted by Crippen LogP contribution is -2.37. The third-order valence-electron chi connectivity index (χ3n) is 7.26. The molecule has 1 unspecified atom stereocenters. The molecule has 3 atom stereocenters. The normalized spacial score (nSPS) is 18.2. The van der Waals surface area contributed by atoms with Crippen molar-refractivity contribution in [2.24, 2.45) is 11.7 Å². The van der Waals surface area contributed by atoms with Crippen LogP contribution in [0.15, 0.2) is 36.4 Å². The van der Waals surface area contributed by atoms with Crippen LogP contribution in [-0.2, 0) is 29.8 Å². The highest BCUT2D eigenvalue weighted by Crippen LogP contribution is 2.40. The van der Waals surface area contributed by atoms with Crippen LogP contribution in [0.4, 0.5) is 39.5 Å². The molecule has 0 aliphatic heterocycles. The maximum atomic E-state index is 13.5. The Hall–Kier alpha value is -2.31. The third-order valence-corrected chi connectivity index (χ3v) is 7.26. The van der Waals surface area contributed by atoms with Crippen molar-refractivity contribution in [2.45, 2.75) is 82.3 Å². The Kier molecular flexibility index (Phi) is 9.65. The summed E-state index contributed by atoms with van der Waals surface area (Å²) in [6.07, 6.45) is -10.4. The first-order valence-electron chi connectivity index (χ1n) is 12.5. The Morgan fingerprint density at radius 3 is 1.85 bits per heavy atom. The number of rotatable bonds is 8. The molecule has 1 saturated carbocycles. The van der Waals surface area contributed by atoms with E-state index in [2.05, 4.69) is 5.32 Å². The standard InChI is InChI=1S/C27H31F9N2O/c1-15(23(37)17-10-20(26(31,32)33)13-21(11-17)27(34,35)36)38-14-18-12-19(25(28,29)30)8-9-22(18)24(39-2)16-6-4-3-5-7-16/h8-13,15-16,23-24,38H,3-7,14,37H2,1-2H3/t15-,23-,24?/m0/s1. The van der Waals surface area contributed by atoms with E-state index in [0.29, 0.717) is 17.7 Å². The molecule has 0 aromatic heterocycles. The van der Waals surface area contributed by atoms with Crippen LogP contribution in [0.5, 0.6) is 0 Å². The third kappa shape index (κ3) is 7.88. The van der Waals surface area contributed by atoms with Crippen LogP contribution in [0, 0.1) is 5.92 Å². The van der Waals surface area contributed by atoms with Gasteiger partial charge in [0.1, 0.15) is 0 Å². The first-order chi connectivity index (χ1) is 18.0. The fourth-order valence-corrected chi connectivity index (χ4v) is 5.08. The smallest absolute Gasteiger partial charge is 0.376 e. The second-order valence-corrected chi connectivity index (χ2v) is 10.0. The number of ether oxygens (including phenoxy) is 1. The summed E-state index contributed by atoms with van der Waals surface area (Å²) in [6.45, 7) is 1.28. The van der Waals surface area contributed by atoms with Gasteiger partial charge in [0, 0.05) is 25.7 Å². The Morgan fingerprint density at radius 2 is 1.36 bits per heavy atom. The zero-order valence-corrected chi connectivity index (χ0v) is 21.4. The molecule has 0 heterocycles. The zero-order chi connectivity index (χ0) is 29.2. The zero-order valence-electron chi connectivity index (χ0n) is 21.4. The van der Waals surface area contributed by atoms with Crippen LogP contribution in [0.3, 0.4) is 0 Å². The summed E-state index contributed by atoms with van der Waals surface area (Å²) in [4.78, 5) is 0. The van der Waals surface area contributed by atoms with Crippen LogP contribution in [0.2, 0.25) is 0 Å². The van der Waals surface area contributed by atoms with Gasteiger partial charge in [-0.15, -0.1) is 0 Å². The number of hydrogen-bond acceptors (Lipinski definition) is 3. The number of nitrogens with one attached hydrogen (secondary N) is 1. The van der Waals surface area contributed by atoms with E-state index in [1.54, 1.807) is 0 Å². The molecule has 2 aromatic carbocycles. The second kappa shape index (κ2) is 12.1. The lowest BCUT2D eigenvalue weighted by molar-refractivity contribution is -0.143. The Morgan fingerprint density at radius 1 is 0.821 bits per heavy atom. The van der Waals surface area contributed by atoms with Crippen LogP contribution >= 0.6 is 0 Å². The van der Waals surface area contributed by atoms with Gasteiger partial charge in [-0.1, -0.05) is 25.3 Å². The van der Waals surface area contributed by atoms with Gasteiger partial charge in [-0.05, 0) is 72.7 Å². The van der Waals surface area contributed by atoms with Crippen LogP contribution in [-0.4, -0.2) is 13.2 Å². The predicted molar refractivity (Wildman–Crippen MR) is 127 cm³/mol. The minimum absolute atomic E-state index is 0.0133. The SMILES string of the molecule is COC(c1ccc(C(F)(F)F)cc1CN[C@@H](C)[C@H](N)c1cc(C(F)(F)F)cc(C(F)(F)F)c1)C1CCCCC1. The number of alkyl halides is 9. The topological polar surface area (TPSA) is 47.3 Å². The molecular weight excluding hydrogens is 539 g/mol. The van der Waals surface area contributed by atoms with E-state index in [1.165, 1.54) is 20.1 Å². The van der Waals surface area contributed by atoms with E-state index in [-0.39, 0.29) is 24.1 Å². The molecule has 3 N–H and O–H groups in total. The average Bonchev–Trinajstić information content (AvgIpc) is 2.86. The molecule has 2 aromatic rings. The van der Waals surface area contributed by atoms with Crippen molar-refractivity contribution in [2.75, 3.05) is 7.11 Å². The number of halogens is 9. The fourth-order valence-electron chi connectivity index (χ4n) is 5.08. The summed E-state index contributed by atoms with van der Waals surface area (Å²) in [5.74, 6) is 0.102. The molecule has 3 nitrogen and oxygen atoms in total. The van der Waals surface area contributed by atoms with Crippen molar-refractivity contribution in [1.82, 2.24) is 5.32 Å². The molecule has 1 aliphatic carbocycles. The molecule has 39 heavy (non-hydrogen) atoms. The van der Waals surface area contributed by atoms with Gasteiger partial charge in [-0.25, -0.2) is 0 Å². The Balaban J connectivity index is 1.90. The van der Waals surface area contributed by atoms with E-state index in [0.717, 1.165) is 44.2 Å². The van der Waals surface area contributed by atoms with E-state index in [1.807, 2.05) is 0 Å². The van der Waals surface area contributed by atoms with Crippen LogP contribution < -0.4 is 11.1 Å². The summed E-state index contributed by atoms with van der Waals surface area (Å²) < 4.78 is 126. The van der Waals surface area contributed by atoms with Gasteiger partial charge in [-0.2, -0.15) is 39.5 Å². The van der Waals surface area contributed by atoms with E-state index < -0.39 is 59.0 Å². The largest absolute Gasteiger partial charge is 0.416 e. The molecule has 0 bridgehead atoms. The van der Waals surface area contributed by atoms with E-state index >= 15 is 0 Å². The lowest BCUT2D eigenvalue weighted by atomic mass is 9.81. The Bertz CT molecular complexity index is 1070. The molecule has 1 fully saturated rings. The van der Waals surface area contributed by atoms with Crippen LogP contribution in [0.25, 0.3) is 0 Å². The number of hydrogen-bond donors (Lipinski definition) is 2. The molecule has 0 amide bonds. The molecule has 3 rings (SSSR count). The monoisotopic (exact) mass is 570 g/mol. The van der Waals surface area contributed by atoms with Crippen molar-refractivity contribution in [1.29, 1.82) is 0 Å². The molecule has 0 saturated heterocycles. The second-order valence-electron chi connectivity index (χ2n) is 10.0. The molecule has 12 heteroatoms. The van der Waals surface area contributed by atoms with Gasteiger partial charge in [0.25, 0.3) is 0 Å². The highest BCUT2D eigenvalue weighted by molar-refractivity contribution is 5.37. The highest BCUT2D eigenvalue weighted by Gasteiger charge is 2.38. The fraction of sp³-hybridized carbons (Fsp3) is 0.556. The van der Waals surface area contributed by atoms with Crippen molar-refractivity contribution >= 4 is 0 Å². The maximum Gasteiger partial charge on any atom is 0.416 e. The average molecular weight is 571 g/mol. The number of methoxy groups -OCH3 is 1. The van der Waals surface area contributed by atoms with Gasteiger partial charge in [0.2, 0.25) is 0 Å². The summed E-state index contributed by atoms with van der Waals surface area (Å²) in [6, 6.07) is 2.24. The Labute approximate surface area is 220 Å². The highest BCUT2D eigenvalue weighted by atomic mass is 19.4. The molecule has 0 radical (unpaired) electrons. The van der Waals surface area contributed by atoms with Crippen molar-refractivity contribution in [3.8, 4) is 0 Å². The minimum atomic E-state index is -5.03. The van der Waals surface area contributed by atoms with Gasteiger partial charge >= 0.3 is 18.5 Å². The van der Waals surface area contributed by atoms with Crippen molar-refractivity contribution in [3.05, 3.63) is 69.8 Å². The summed E-state index contributed by atoms with van der Waals surface area (Å²) in [7, 11) is 1.48. The quantitative estimate of drug-likeness (QED) is 0.315. The lowest BCUT2D eigenvalue weighted by Gasteiger charge is -2.31. The summed E-state index contributed by atoms with van der Waals surface area (Å²) in [5, 5.41) is 2.90. The van der Waals surface area contributed by atoms with Crippen LogP contribution in [0.1, 0.15) is 84.6 Å². The van der Waals surface area contributed by atoms with E-state index in [4.69, 9.17) is 10.5 Å². The molecule has 1 aliphatic rings. The predicted octanol–water partition coefficient (Wildman–Crippen LogP) is 8.19. The van der Waals surface area contributed by atoms with E-state index in [9.17, 15) is 39.5 Å². The summed E-state index contributed by atoms with van der Waals surface area (Å²) in [5.41, 5.74) is 2.60. The van der Waals surface area contributed by atoms with Crippen molar-refractivity contribution < 1.29 is 44.3 Å². The molecular formula is C27H31F9N2O. The molecule has 0 spiro atoms. The summed E-state index contributed by atoms with van der Waals surface area (Å²) >= 11 is 0. The minimum Gasteiger partial charge on any atom is -0.376 e. The van der Waals surface area contributed by atoms with Gasteiger partial charge in [0.15, 0.2) is 0 Å². The van der Waals surface area contributed by atoms with Gasteiger partial charge in [-0.3, -0.25) is 0 Å². The molecule has 218 valence electrons. The van der Waals surface area contributed by atoms with Crippen molar-refractivity contribution in [3.63, 3.8) is 0 Å². The first-order valence-corrected chi connectivity index (χ1v) is 12.5.